The molecule has 0 amide bonds. The summed E-state index contributed by atoms with van der Waals surface area (Å²) in [4.78, 5) is 12.3. The van der Waals surface area contributed by atoms with E-state index in [-0.39, 0.29) is 0 Å². The number of ether oxygens (including phenoxy) is 1. The van der Waals surface area contributed by atoms with Gasteiger partial charge in [0.25, 0.3) is 0 Å². The molecule has 0 saturated heterocycles. The van der Waals surface area contributed by atoms with Gasteiger partial charge in [0.2, 0.25) is 0 Å². The van der Waals surface area contributed by atoms with Crippen LogP contribution in [0.15, 0.2) is 24.3 Å². The first-order valence-corrected chi connectivity index (χ1v) is 5.52. The molecule has 88 valence electrons. The van der Waals surface area contributed by atoms with Gasteiger partial charge in [0.05, 0.1) is 0 Å². The van der Waals surface area contributed by atoms with Gasteiger partial charge in [-0.2, -0.15) is 0 Å². The van der Waals surface area contributed by atoms with Crippen molar-refractivity contribution in [2.45, 2.75) is 12.8 Å². The SMILES string of the molecule is CN(C)CCOc1ccc(CCC=O)cc1. The van der Waals surface area contributed by atoms with Crippen molar-refractivity contribution >= 4 is 6.29 Å². The quantitative estimate of drug-likeness (QED) is 0.657. The van der Waals surface area contributed by atoms with Crippen molar-refractivity contribution < 1.29 is 9.53 Å². The van der Waals surface area contributed by atoms with Gasteiger partial charge in [0.15, 0.2) is 0 Å². The molecule has 0 aromatic heterocycles. The molecular formula is C13H19NO2. The van der Waals surface area contributed by atoms with E-state index in [0.717, 1.165) is 25.0 Å². The van der Waals surface area contributed by atoms with E-state index in [9.17, 15) is 4.79 Å². The molecule has 0 bridgehead atoms. The molecule has 0 aliphatic carbocycles. The number of nitrogens with zero attached hydrogens (tertiary/aromatic N) is 1. The van der Waals surface area contributed by atoms with E-state index < -0.39 is 0 Å². The molecule has 0 atom stereocenters. The Hall–Kier alpha value is -1.35. The van der Waals surface area contributed by atoms with Gasteiger partial charge in [-0.05, 0) is 38.2 Å². The van der Waals surface area contributed by atoms with Gasteiger partial charge in [0.1, 0.15) is 18.6 Å². The summed E-state index contributed by atoms with van der Waals surface area (Å²) in [7, 11) is 4.04. The highest BCUT2D eigenvalue weighted by Gasteiger charge is 1.96. The Labute approximate surface area is 97.0 Å². The number of aryl methyl sites for hydroxylation is 1. The highest BCUT2D eigenvalue weighted by atomic mass is 16.5. The minimum atomic E-state index is 0.584. The maximum atomic E-state index is 10.2. The predicted molar refractivity (Wildman–Crippen MR) is 64.9 cm³/mol. The Balaban J connectivity index is 2.35. The highest BCUT2D eigenvalue weighted by Crippen LogP contribution is 2.12. The summed E-state index contributed by atoms with van der Waals surface area (Å²) in [6, 6.07) is 7.93. The maximum Gasteiger partial charge on any atom is 0.120 e. The molecule has 0 heterocycles. The summed E-state index contributed by atoms with van der Waals surface area (Å²) in [5, 5.41) is 0. The average molecular weight is 221 g/mol. The third-order valence-corrected chi connectivity index (χ3v) is 2.28. The van der Waals surface area contributed by atoms with Crippen molar-refractivity contribution in [1.82, 2.24) is 4.90 Å². The van der Waals surface area contributed by atoms with Crippen LogP contribution in [0.2, 0.25) is 0 Å². The smallest absolute Gasteiger partial charge is 0.120 e. The Bertz CT molecular complexity index is 306. The molecule has 3 nitrogen and oxygen atoms in total. The van der Waals surface area contributed by atoms with Crippen molar-refractivity contribution in [1.29, 1.82) is 0 Å². The van der Waals surface area contributed by atoms with Crippen LogP contribution in [0.5, 0.6) is 5.75 Å². The molecule has 0 aliphatic rings. The predicted octanol–water partition coefficient (Wildman–Crippen LogP) is 1.76. The lowest BCUT2D eigenvalue weighted by molar-refractivity contribution is -0.107. The Kier molecular flexibility index (Phi) is 5.57. The number of benzene rings is 1. The fourth-order valence-corrected chi connectivity index (χ4v) is 1.32. The second-order valence-electron chi connectivity index (χ2n) is 4.00. The Morgan fingerprint density at radius 2 is 1.94 bits per heavy atom. The number of hydrogen-bond acceptors (Lipinski definition) is 3. The molecular weight excluding hydrogens is 202 g/mol. The van der Waals surface area contributed by atoms with E-state index in [1.165, 1.54) is 5.56 Å². The summed E-state index contributed by atoms with van der Waals surface area (Å²) < 4.78 is 5.57. The van der Waals surface area contributed by atoms with Crippen LogP contribution in [0, 0.1) is 0 Å². The fourth-order valence-electron chi connectivity index (χ4n) is 1.32. The van der Waals surface area contributed by atoms with Crippen LogP contribution in [0.1, 0.15) is 12.0 Å². The molecule has 0 unspecified atom stereocenters. The van der Waals surface area contributed by atoms with Gasteiger partial charge < -0.3 is 14.4 Å². The van der Waals surface area contributed by atoms with Gasteiger partial charge in [-0.3, -0.25) is 0 Å². The topological polar surface area (TPSA) is 29.5 Å². The number of hydrogen-bond donors (Lipinski definition) is 0. The van der Waals surface area contributed by atoms with Crippen molar-refractivity contribution in [3.05, 3.63) is 29.8 Å². The van der Waals surface area contributed by atoms with E-state index in [2.05, 4.69) is 4.90 Å². The van der Waals surface area contributed by atoms with Gasteiger partial charge in [-0.1, -0.05) is 12.1 Å². The molecule has 16 heavy (non-hydrogen) atoms. The number of rotatable bonds is 7. The van der Waals surface area contributed by atoms with Crippen LogP contribution >= 0.6 is 0 Å². The highest BCUT2D eigenvalue weighted by molar-refractivity contribution is 5.50. The first-order valence-electron chi connectivity index (χ1n) is 5.52. The number of aldehydes is 1. The van der Waals surface area contributed by atoms with E-state index in [1.807, 2.05) is 38.4 Å². The largest absolute Gasteiger partial charge is 0.492 e. The normalized spacial score (nSPS) is 10.4. The van der Waals surface area contributed by atoms with Crippen molar-refractivity contribution in [3.63, 3.8) is 0 Å². The van der Waals surface area contributed by atoms with Gasteiger partial charge in [0, 0.05) is 13.0 Å². The summed E-state index contributed by atoms with van der Waals surface area (Å²) >= 11 is 0. The van der Waals surface area contributed by atoms with Gasteiger partial charge in [-0.25, -0.2) is 0 Å². The maximum absolute atomic E-state index is 10.2. The zero-order chi connectivity index (χ0) is 11.8. The van der Waals surface area contributed by atoms with Gasteiger partial charge >= 0.3 is 0 Å². The standard InChI is InChI=1S/C13H19NO2/c1-14(2)9-11-16-13-7-5-12(6-8-13)4-3-10-15/h5-8,10H,3-4,9,11H2,1-2H3. The zero-order valence-electron chi connectivity index (χ0n) is 9.98. The van der Waals surface area contributed by atoms with Crippen LogP contribution in [0.25, 0.3) is 0 Å². The number of likely N-dealkylation sites (N-methyl/N-ethyl adjacent to an activating group) is 1. The van der Waals surface area contributed by atoms with Crippen LogP contribution in [0.3, 0.4) is 0 Å². The molecule has 3 heteroatoms. The minimum Gasteiger partial charge on any atom is -0.492 e. The van der Waals surface area contributed by atoms with E-state index in [1.54, 1.807) is 0 Å². The Morgan fingerprint density at radius 3 is 2.50 bits per heavy atom. The lowest BCUT2D eigenvalue weighted by Gasteiger charge is -2.11. The monoisotopic (exact) mass is 221 g/mol. The molecule has 0 aliphatic heterocycles. The summed E-state index contributed by atoms with van der Waals surface area (Å²) in [6.07, 6.45) is 2.34. The van der Waals surface area contributed by atoms with E-state index >= 15 is 0 Å². The number of carbonyl (C=O) groups is 1. The molecule has 1 aromatic carbocycles. The zero-order valence-corrected chi connectivity index (χ0v) is 9.98. The summed E-state index contributed by atoms with van der Waals surface area (Å²) in [6.45, 7) is 1.60. The lowest BCUT2D eigenvalue weighted by Crippen LogP contribution is -2.19. The second kappa shape index (κ2) is 7.01. The first kappa shape index (κ1) is 12.7. The van der Waals surface area contributed by atoms with Crippen LogP contribution in [0.4, 0.5) is 0 Å². The molecule has 0 N–H and O–H groups in total. The first-order chi connectivity index (χ1) is 7.72. The van der Waals surface area contributed by atoms with Crippen LogP contribution in [-0.2, 0) is 11.2 Å². The molecule has 0 saturated carbocycles. The molecule has 0 fully saturated rings. The second-order valence-corrected chi connectivity index (χ2v) is 4.00. The van der Waals surface area contributed by atoms with Crippen molar-refractivity contribution in [2.75, 3.05) is 27.2 Å². The number of carbonyl (C=O) groups excluding carboxylic acids is 1. The third-order valence-electron chi connectivity index (χ3n) is 2.28. The van der Waals surface area contributed by atoms with Crippen molar-refractivity contribution in [2.24, 2.45) is 0 Å². The van der Waals surface area contributed by atoms with Crippen molar-refractivity contribution in [3.8, 4) is 5.75 Å². The fraction of sp³-hybridized carbons (Fsp3) is 0.462. The molecule has 0 spiro atoms. The van der Waals surface area contributed by atoms with Crippen LogP contribution < -0.4 is 4.74 Å². The van der Waals surface area contributed by atoms with E-state index in [4.69, 9.17) is 4.74 Å². The van der Waals surface area contributed by atoms with Gasteiger partial charge in [-0.15, -0.1) is 0 Å². The minimum absolute atomic E-state index is 0.584. The summed E-state index contributed by atoms with van der Waals surface area (Å²) in [5.41, 5.74) is 1.17. The average Bonchev–Trinajstić information content (AvgIpc) is 2.27. The molecule has 1 rings (SSSR count). The lowest BCUT2D eigenvalue weighted by atomic mass is 10.1. The molecule has 0 radical (unpaired) electrons. The molecule has 1 aromatic rings. The third kappa shape index (κ3) is 4.94. The Morgan fingerprint density at radius 1 is 1.25 bits per heavy atom. The van der Waals surface area contributed by atoms with Crippen LogP contribution in [-0.4, -0.2) is 38.4 Å². The van der Waals surface area contributed by atoms with E-state index in [0.29, 0.717) is 13.0 Å². The summed E-state index contributed by atoms with van der Waals surface area (Å²) in [5.74, 6) is 0.886.